The van der Waals surface area contributed by atoms with E-state index in [1.165, 1.54) is 99.6 Å². The van der Waals surface area contributed by atoms with Crippen LogP contribution in [0.5, 0.6) is 0 Å². The predicted molar refractivity (Wildman–Crippen MR) is 259 cm³/mol. The molecule has 0 saturated heterocycles. The molecule has 0 bridgehead atoms. The Morgan fingerprint density at radius 3 is 1.17 bits per heavy atom. The largest absolute Gasteiger partial charge is 0.310 e. The highest BCUT2D eigenvalue weighted by Crippen LogP contribution is 2.49. The van der Waals surface area contributed by atoms with Crippen LogP contribution in [0.1, 0.15) is 36.1 Å². The Bertz CT molecular complexity index is 2930. The van der Waals surface area contributed by atoms with Gasteiger partial charge in [0.05, 0.1) is 11.4 Å². The molecule has 2 heteroatoms. The average molecular weight is 773 g/mol. The van der Waals surface area contributed by atoms with Crippen molar-refractivity contribution in [3.05, 3.63) is 216 Å². The molecule has 10 rings (SSSR count). The Kier molecular flexibility index (Phi) is 9.62. The van der Waals surface area contributed by atoms with E-state index in [0.29, 0.717) is 0 Å². The molecule has 0 radical (unpaired) electrons. The third-order valence-corrected chi connectivity index (χ3v) is 12.5. The molecule has 0 heterocycles. The van der Waals surface area contributed by atoms with Crippen molar-refractivity contribution >= 4 is 66.4 Å². The topological polar surface area (TPSA) is 6.48 Å². The molecule has 0 fully saturated rings. The van der Waals surface area contributed by atoms with Gasteiger partial charge in [-0.3, -0.25) is 0 Å². The molecule has 0 N–H and O–H groups in total. The Labute approximate surface area is 354 Å². The summed E-state index contributed by atoms with van der Waals surface area (Å²) in [6.45, 7) is 9.01. The smallest absolute Gasteiger partial charge is 0.0540 e. The van der Waals surface area contributed by atoms with Crippen molar-refractivity contribution < 1.29 is 0 Å². The van der Waals surface area contributed by atoms with Gasteiger partial charge in [-0.25, -0.2) is 0 Å². The summed E-state index contributed by atoms with van der Waals surface area (Å²) in [6.07, 6.45) is 1.94. The molecule has 2 nitrogen and oxygen atoms in total. The lowest BCUT2D eigenvalue weighted by Gasteiger charge is -2.31. The summed E-state index contributed by atoms with van der Waals surface area (Å²) in [5.74, 6) is 0. The van der Waals surface area contributed by atoms with Crippen molar-refractivity contribution in [2.75, 3.05) is 9.80 Å². The fraction of sp³-hybridized carbons (Fsp3) is 0.103. The monoisotopic (exact) mass is 772 g/mol. The first-order valence-electron chi connectivity index (χ1n) is 21.3. The van der Waals surface area contributed by atoms with Crippen LogP contribution < -0.4 is 9.80 Å². The van der Waals surface area contributed by atoms with Gasteiger partial charge in [-0.05, 0) is 141 Å². The molecular formula is C58H48N2. The zero-order valence-electron chi connectivity index (χ0n) is 34.8. The summed E-state index contributed by atoms with van der Waals surface area (Å²) in [7, 11) is 0. The van der Waals surface area contributed by atoms with Crippen LogP contribution in [-0.2, 0) is 12.8 Å². The fourth-order valence-electron chi connectivity index (χ4n) is 9.40. The predicted octanol–water partition coefficient (Wildman–Crippen LogP) is 16.6. The molecule has 0 unspecified atom stereocenters. The lowest BCUT2D eigenvalue weighted by Crippen LogP contribution is -2.13. The van der Waals surface area contributed by atoms with Gasteiger partial charge in [0, 0.05) is 33.5 Å². The van der Waals surface area contributed by atoms with E-state index in [2.05, 4.69) is 232 Å². The number of hydrogen-bond donors (Lipinski definition) is 0. The van der Waals surface area contributed by atoms with Crippen LogP contribution in [0, 0.1) is 13.8 Å². The van der Waals surface area contributed by atoms with Crippen LogP contribution in [0.3, 0.4) is 0 Å². The van der Waals surface area contributed by atoms with E-state index in [9.17, 15) is 0 Å². The second kappa shape index (κ2) is 15.5. The molecule has 0 aliphatic carbocycles. The maximum Gasteiger partial charge on any atom is 0.0540 e. The zero-order chi connectivity index (χ0) is 40.7. The Hall–Kier alpha value is -7.16. The number of nitrogens with zero attached hydrogens (tertiary/aromatic N) is 2. The minimum absolute atomic E-state index is 0.970. The number of anilines is 6. The quantitative estimate of drug-likeness (QED) is 0.128. The van der Waals surface area contributed by atoms with Gasteiger partial charge in [0.15, 0.2) is 0 Å². The summed E-state index contributed by atoms with van der Waals surface area (Å²) in [6, 6.07) is 71.8. The zero-order valence-corrected chi connectivity index (χ0v) is 34.8. The van der Waals surface area contributed by atoms with Gasteiger partial charge in [-0.15, -0.1) is 0 Å². The summed E-state index contributed by atoms with van der Waals surface area (Å²) >= 11 is 0. The van der Waals surface area contributed by atoms with Gasteiger partial charge in [-0.2, -0.15) is 0 Å². The van der Waals surface area contributed by atoms with E-state index < -0.39 is 0 Å². The van der Waals surface area contributed by atoms with E-state index in [1.54, 1.807) is 0 Å². The van der Waals surface area contributed by atoms with Crippen molar-refractivity contribution in [2.45, 2.75) is 40.5 Å². The van der Waals surface area contributed by atoms with E-state index in [1.807, 2.05) is 0 Å². The molecule has 10 aromatic carbocycles. The SMILES string of the molecule is CCc1cccc(N(c2cccc(-c3ccccc3)c2C)c2ccc3ccc4c(N(c5cccc(CC)c5)c5cccc(-c6ccccc6)c5C)ccc5ccc2c3c54)c1. The average Bonchev–Trinajstić information content (AvgIpc) is 3.31. The maximum absolute atomic E-state index is 2.49. The molecule has 0 saturated carbocycles. The lowest BCUT2D eigenvalue weighted by atomic mass is 9.91. The van der Waals surface area contributed by atoms with Gasteiger partial charge < -0.3 is 9.80 Å². The van der Waals surface area contributed by atoms with Crippen LogP contribution in [0.2, 0.25) is 0 Å². The standard InChI is InChI=1S/C58H48N2/c1-5-41-17-13-23-47(37-41)59(53-27-15-25-49(39(53)3)43-19-9-7-10-20-43)55-35-31-45-30-34-52-56(36-32-46-29-33-51(55)57(45)58(46)52)60(48-24-14-18-42(6-2)38-48)54-28-16-26-50(40(54)4)44-21-11-8-12-22-44/h7-38H,5-6H2,1-4H3. The molecule has 60 heavy (non-hydrogen) atoms. The summed E-state index contributed by atoms with van der Waals surface area (Å²) in [4.78, 5) is 4.99. The van der Waals surface area contributed by atoms with Crippen LogP contribution in [0.25, 0.3) is 54.6 Å². The van der Waals surface area contributed by atoms with Crippen LogP contribution in [0.4, 0.5) is 34.1 Å². The second-order valence-electron chi connectivity index (χ2n) is 15.9. The molecule has 0 aliphatic heterocycles. The molecule has 0 aromatic heterocycles. The van der Waals surface area contributed by atoms with Crippen molar-refractivity contribution in [1.82, 2.24) is 0 Å². The van der Waals surface area contributed by atoms with Gasteiger partial charge >= 0.3 is 0 Å². The lowest BCUT2D eigenvalue weighted by molar-refractivity contribution is 1.13. The second-order valence-corrected chi connectivity index (χ2v) is 15.9. The Morgan fingerprint density at radius 1 is 0.350 bits per heavy atom. The van der Waals surface area contributed by atoms with Gasteiger partial charge in [0.1, 0.15) is 0 Å². The number of rotatable bonds is 10. The third kappa shape index (κ3) is 6.37. The third-order valence-electron chi connectivity index (χ3n) is 12.5. The molecule has 10 aromatic rings. The first-order chi connectivity index (χ1) is 29.5. The molecule has 0 atom stereocenters. The molecule has 290 valence electrons. The Balaban J connectivity index is 1.23. The minimum Gasteiger partial charge on any atom is -0.310 e. The summed E-state index contributed by atoms with van der Waals surface area (Å²) < 4.78 is 0. The van der Waals surface area contributed by atoms with Gasteiger partial charge in [0.2, 0.25) is 0 Å². The number of hydrogen-bond acceptors (Lipinski definition) is 2. The summed E-state index contributed by atoms with van der Waals surface area (Å²) in [5, 5.41) is 7.52. The number of benzene rings is 10. The van der Waals surface area contributed by atoms with Gasteiger partial charge in [0.25, 0.3) is 0 Å². The first-order valence-corrected chi connectivity index (χ1v) is 21.3. The van der Waals surface area contributed by atoms with Crippen molar-refractivity contribution in [1.29, 1.82) is 0 Å². The van der Waals surface area contributed by atoms with E-state index >= 15 is 0 Å². The van der Waals surface area contributed by atoms with Crippen LogP contribution >= 0.6 is 0 Å². The van der Waals surface area contributed by atoms with Crippen molar-refractivity contribution in [3.8, 4) is 22.3 Å². The number of aryl methyl sites for hydroxylation is 2. The maximum atomic E-state index is 2.49. The van der Waals surface area contributed by atoms with E-state index in [4.69, 9.17) is 0 Å². The van der Waals surface area contributed by atoms with Crippen LogP contribution in [0.15, 0.2) is 194 Å². The minimum atomic E-state index is 0.970. The highest BCUT2D eigenvalue weighted by molar-refractivity contribution is 6.28. The highest BCUT2D eigenvalue weighted by Gasteiger charge is 2.24. The van der Waals surface area contributed by atoms with Gasteiger partial charge in [-0.1, -0.05) is 159 Å². The molecule has 0 spiro atoms. The normalized spacial score (nSPS) is 11.5. The van der Waals surface area contributed by atoms with Crippen molar-refractivity contribution in [2.24, 2.45) is 0 Å². The molecule has 0 aliphatic rings. The summed E-state index contributed by atoms with van der Waals surface area (Å²) in [5.41, 5.74) is 17.1. The molecular weight excluding hydrogens is 725 g/mol. The van der Waals surface area contributed by atoms with E-state index in [-0.39, 0.29) is 0 Å². The van der Waals surface area contributed by atoms with Crippen LogP contribution in [-0.4, -0.2) is 0 Å². The Morgan fingerprint density at radius 2 is 0.750 bits per heavy atom. The van der Waals surface area contributed by atoms with Crippen molar-refractivity contribution in [3.63, 3.8) is 0 Å². The van der Waals surface area contributed by atoms with E-state index in [0.717, 1.165) is 24.2 Å². The first kappa shape index (κ1) is 37.1. The molecule has 0 amide bonds. The highest BCUT2D eigenvalue weighted by atomic mass is 15.2. The fourth-order valence-corrected chi connectivity index (χ4v) is 9.40.